The first-order valence-electron chi connectivity index (χ1n) is 4.25. The Labute approximate surface area is 86.4 Å². The van der Waals surface area contributed by atoms with E-state index in [1.165, 1.54) is 0 Å². The van der Waals surface area contributed by atoms with Gasteiger partial charge in [-0.15, -0.1) is 16.7 Å². The quantitative estimate of drug-likeness (QED) is 0.727. The number of halogens is 1. The molecule has 0 fully saturated rings. The second-order valence-electron chi connectivity index (χ2n) is 2.87. The summed E-state index contributed by atoms with van der Waals surface area (Å²) in [6.45, 7) is 0. The van der Waals surface area contributed by atoms with Crippen LogP contribution in [-0.2, 0) is 4.74 Å². The second kappa shape index (κ2) is 3.94. The topological polar surface area (TPSA) is 39.9 Å². The van der Waals surface area contributed by atoms with Crippen molar-refractivity contribution in [2.45, 2.75) is 6.23 Å². The van der Waals surface area contributed by atoms with E-state index >= 15 is 0 Å². The van der Waals surface area contributed by atoms with Gasteiger partial charge in [0, 0.05) is 7.11 Å². The normalized spacial score (nSPS) is 13.3. The molecule has 74 valence electrons. The number of hydrogen-bond acceptors (Lipinski definition) is 3. The molecule has 0 aliphatic heterocycles. The molecule has 0 spiro atoms. The summed E-state index contributed by atoms with van der Waals surface area (Å²) in [5, 5.41) is 8.00. The van der Waals surface area contributed by atoms with Crippen molar-refractivity contribution in [1.29, 1.82) is 0 Å². The van der Waals surface area contributed by atoms with Gasteiger partial charge in [-0.1, -0.05) is 17.3 Å². The number of ether oxygens (including phenoxy) is 1. The van der Waals surface area contributed by atoms with Crippen LogP contribution in [-0.4, -0.2) is 28.0 Å². The molecule has 1 aromatic carbocycles. The molecular formula is C9H10ClN3O. The third-order valence-corrected chi connectivity index (χ3v) is 2.32. The van der Waals surface area contributed by atoms with Crippen LogP contribution >= 0.6 is 11.6 Å². The van der Waals surface area contributed by atoms with Crippen LogP contribution in [0.1, 0.15) is 6.23 Å². The van der Waals surface area contributed by atoms with Crippen LogP contribution in [0.25, 0.3) is 11.0 Å². The van der Waals surface area contributed by atoms with E-state index in [9.17, 15) is 0 Å². The maximum Gasteiger partial charge on any atom is 0.165 e. The van der Waals surface area contributed by atoms with E-state index in [0.717, 1.165) is 11.0 Å². The summed E-state index contributed by atoms with van der Waals surface area (Å²) < 4.78 is 6.86. The van der Waals surface area contributed by atoms with Gasteiger partial charge in [-0.2, -0.15) is 0 Å². The van der Waals surface area contributed by atoms with E-state index in [4.69, 9.17) is 16.3 Å². The van der Waals surface area contributed by atoms with E-state index in [0.29, 0.717) is 5.88 Å². The number of rotatable bonds is 3. The second-order valence-corrected chi connectivity index (χ2v) is 3.18. The van der Waals surface area contributed by atoms with Gasteiger partial charge in [0.2, 0.25) is 0 Å². The molecule has 5 heteroatoms. The molecule has 1 heterocycles. The zero-order valence-electron chi connectivity index (χ0n) is 7.72. The van der Waals surface area contributed by atoms with Gasteiger partial charge < -0.3 is 4.74 Å². The Balaban J connectivity index is 2.51. The van der Waals surface area contributed by atoms with Crippen LogP contribution in [0.2, 0.25) is 0 Å². The van der Waals surface area contributed by atoms with E-state index < -0.39 is 0 Å². The van der Waals surface area contributed by atoms with Crippen molar-refractivity contribution in [1.82, 2.24) is 15.0 Å². The summed E-state index contributed by atoms with van der Waals surface area (Å²) in [7, 11) is 1.60. The van der Waals surface area contributed by atoms with Crippen LogP contribution < -0.4 is 0 Å². The fourth-order valence-electron chi connectivity index (χ4n) is 1.33. The van der Waals surface area contributed by atoms with Crippen molar-refractivity contribution in [2.24, 2.45) is 0 Å². The first kappa shape index (κ1) is 9.43. The van der Waals surface area contributed by atoms with Crippen LogP contribution in [0.15, 0.2) is 24.3 Å². The summed E-state index contributed by atoms with van der Waals surface area (Å²) in [6.07, 6.45) is -0.260. The zero-order valence-corrected chi connectivity index (χ0v) is 8.48. The Morgan fingerprint density at radius 2 is 2.29 bits per heavy atom. The number of methoxy groups -OCH3 is 1. The first-order valence-corrected chi connectivity index (χ1v) is 4.79. The molecule has 2 rings (SSSR count). The van der Waals surface area contributed by atoms with Gasteiger partial charge in [0.25, 0.3) is 0 Å². The third kappa shape index (κ3) is 1.47. The summed E-state index contributed by atoms with van der Waals surface area (Å²) in [6, 6.07) is 7.70. The van der Waals surface area contributed by atoms with Gasteiger partial charge in [0.1, 0.15) is 5.52 Å². The standard InChI is InChI=1S/C9H10ClN3O/c1-14-9(6-10)13-8-5-3-2-4-7(8)11-12-13/h2-5,9H,6H2,1H3/t9-/m1/s1. The monoisotopic (exact) mass is 211 g/mol. The van der Waals surface area contributed by atoms with Gasteiger partial charge in [0.15, 0.2) is 6.23 Å². The summed E-state index contributed by atoms with van der Waals surface area (Å²) in [5.41, 5.74) is 1.78. The molecule has 0 radical (unpaired) electrons. The predicted molar refractivity (Wildman–Crippen MR) is 54.3 cm³/mol. The molecule has 0 saturated carbocycles. The van der Waals surface area contributed by atoms with E-state index in [2.05, 4.69) is 10.3 Å². The van der Waals surface area contributed by atoms with Crippen molar-refractivity contribution in [3.63, 3.8) is 0 Å². The molecular weight excluding hydrogens is 202 g/mol. The van der Waals surface area contributed by atoms with Crippen molar-refractivity contribution in [2.75, 3.05) is 13.0 Å². The number of fused-ring (bicyclic) bond motifs is 1. The smallest absolute Gasteiger partial charge is 0.165 e. The molecule has 1 aromatic heterocycles. The van der Waals surface area contributed by atoms with Crippen LogP contribution in [0.4, 0.5) is 0 Å². The molecule has 0 bridgehead atoms. The highest BCUT2D eigenvalue weighted by Crippen LogP contribution is 2.16. The minimum atomic E-state index is -0.260. The number of para-hydroxylation sites is 1. The lowest BCUT2D eigenvalue weighted by atomic mass is 10.3. The average Bonchev–Trinajstić information content (AvgIpc) is 2.65. The number of aromatic nitrogens is 3. The number of nitrogens with zero attached hydrogens (tertiary/aromatic N) is 3. The summed E-state index contributed by atoms with van der Waals surface area (Å²) in [5.74, 6) is 0.351. The SMILES string of the molecule is CO[C@H](CCl)n1nnc2ccccc21. The van der Waals surface area contributed by atoms with E-state index in [-0.39, 0.29) is 6.23 Å². The molecule has 4 nitrogen and oxygen atoms in total. The van der Waals surface area contributed by atoms with E-state index in [1.807, 2.05) is 24.3 Å². The fourth-order valence-corrected chi connectivity index (χ4v) is 1.58. The summed E-state index contributed by atoms with van der Waals surface area (Å²) in [4.78, 5) is 0. The minimum Gasteiger partial charge on any atom is -0.358 e. The summed E-state index contributed by atoms with van der Waals surface area (Å²) >= 11 is 5.75. The van der Waals surface area contributed by atoms with Gasteiger partial charge in [0.05, 0.1) is 11.4 Å². The van der Waals surface area contributed by atoms with Crippen LogP contribution in [0.3, 0.4) is 0 Å². The maximum absolute atomic E-state index is 5.75. The molecule has 0 N–H and O–H groups in total. The largest absolute Gasteiger partial charge is 0.358 e. The zero-order chi connectivity index (χ0) is 9.97. The highest BCUT2D eigenvalue weighted by atomic mass is 35.5. The third-order valence-electron chi connectivity index (χ3n) is 2.05. The molecule has 0 aliphatic carbocycles. The van der Waals surface area contributed by atoms with Crippen molar-refractivity contribution in [3.8, 4) is 0 Å². The fraction of sp³-hybridized carbons (Fsp3) is 0.333. The number of benzene rings is 1. The Morgan fingerprint density at radius 3 is 3.00 bits per heavy atom. The lowest BCUT2D eigenvalue weighted by Crippen LogP contribution is -2.14. The molecule has 14 heavy (non-hydrogen) atoms. The molecule has 0 unspecified atom stereocenters. The highest BCUT2D eigenvalue weighted by molar-refractivity contribution is 6.18. The molecule has 0 aliphatic rings. The van der Waals surface area contributed by atoms with Gasteiger partial charge in [-0.3, -0.25) is 0 Å². The lowest BCUT2D eigenvalue weighted by Gasteiger charge is -2.11. The Bertz CT molecular complexity index is 425. The van der Waals surface area contributed by atoms with Gasteiger partial charge in [-0.25, -0.2) is 4.68 Å². The van der Waals surface area contributed by atoms with Gasteiger partial charge >= 0.3 is 0 Å². The van der Waals surface area contributed by atoms with Crippen LogP contribution in [0, 0.1) is 0 Å². The van der Waals surface area contributed by atoms with Crippen molar-refractivity contribution in [3.05, 3.63) is 24.3 Å². The first-order chi connectivity index (χ1) is 6.86. The van der Waals surface area contributed by atoms with Gasteiger partial charge in [-0.05, 0) is 12.1 Å². The van der Waals surface area contributed by atoms with Crippen molar-refractivity contribution < 1.29 is 4.74 Å². The maximum atomic E-state index is 5.75. The number of hydrogen-bond donors (Lipinski definition) is 0. The predicted octanol–water partition coefficient (Wildman–Crippen LogP) is 1.82. The highest BCUT2D eigenvalue weighted by Gasteiger charge is 2.12. The molecule has 1 atom stereocenters. The lowest BCUT2D eigenvalue weighted by molar-refractivity contribution is 0.0552. The molecule has 0 amide bonds. The Morgan fingerprint density at radius 1 is 1.50 bits per heavy atom. The Kier molecular flexibility index (Phi) is 2.65. The average molecular weight is 212 g/mol. The molecule has 2 aromatic rings. The Hall–Kier alpha value is -1.13. The van der Waals surface area contributed by atoms with Crippen LogP contribution in [0.5, 0.6) is 0 Å². The van der Waals surface area contributed by atoms with Crippen molar-refractivity contribution >= 4 is 22.6 Å². The number of alkyl halides is 1. The minimum absolute atomic E-state index is 0.260. The molecule has 0 saturated heterocycles. The van der Waals surface area contributed by atoms with E-state index in [1.54, 1.807) is 11.8 Å².